The number of aliphatic imine (C=N–C) groups is 1. The average molecular weight is 331 g/mol. The zero-order valence-corrected chi connectivity index (χ0v) is 11.6. The molecule has 0 aromatic rings. The van der Waals surface area contributed by atoms with Crippen LogP contribution in [0.4, 0.5) is 0 Å². The number of nitrogens with two attached hydrogens (primary N) is 1. The van der Waals surface area contributed by atoms with Crippen LogP contribution in [0.15, 0.2) is 4.99 Å². The Morgan fingerprint density at radius 2 is 2.14 bits per heavy atom. The first kappa shape index (κ1) is 14.3. The molecule has 1 rings (SSSR count). The second-order valence-corrected chi connectivity index (χ2v) is 3.82. The van der Waals surface area contributed by atoms with Gasteiger partial charge < -0.3 is 15.4 Å². The van der Waals surface area contributed by atoms with Gasteiger partial charge in [0, 0.05) is 18.8 Å². The highest BCUT2D eigenvalue weighted by atomic mass is 127. The molecule has 1 aliphatic rings. The average Bonchev–Trinajstić information content (AvgIpc) is 2.19. The quantitative estimate of drug-likeness (QED) is 0.356. The Bertz CT molecular complexity index is 174. The molecule has 0 aromatic heterocycles. The Kier molecular flexibility index (Phi) is 8.80. The lowest BCUT2D eigenvalue weighted by atomic mass is 10.4. The molecule has 0 atom stereocenters. The molecule has 84 valence electrons. The first-order valence-corrected chi connectivity index (χ1v) is 5.85. The summed E-state index contributed by atoms with van der Waals surface area (Å²) in [6.07, 6.45) is 2.07. The third-order valence-electron chi connectivity index (χ3n) is 1.90. The molecule has 0 aliphatic carbocycles. The SMILES string of the molecule is CSCCN=C(N)N1CCOCC1.I. The molecule has 4 nitrogen and oxygen atoms in total. The lowest BCUT2D eigenvalue weighted by Crippen LogP contribution is -2.44. The number of rotatable bonds is 3. The Balaban J connectivity index is 0.00000169. The van der Waals surface area contributed by atoms with Gasteiger partial charge in [0.2, 0.25) is 0 Å². The van der Waals surface area contributed by atoms with E-state index in [4.69, 9.17) is 10.5 Å². The van der Waals surface area contributed by atoms with Gasteiger partial charge in [0.1, 0.15) is 0 Å². The molecule has 0 aromatic carbocycles. The van der Waals surface area contributed by atoms with Crippen molar-refractivity contribution < 1.29 is 4.74 Å². The van der Waals surface area contributed by atoms with Crippen LogP contribution in [0.3, 0.4) is 0 Å². The molecule has 1 fully saturated rings. The highest BCUT2D eigenvalue weighted by Gasteiger charge is 2.11. The molecule has 2 N–H and O–H groups in total. The molecule has 0 amide bonds. The van der Waals surface area contributed by atoms with Crippen LogP contribution in [0.1, 0.15) is 0 Å². The number of halogens is 1. The van der Waals surface area contributed by atoms with E-state index in [0.29, 0.717) is 5.96 Å². The van der Waals surface area contributed by atoms with Gasteiger partial charge in [-0.25, -0.2) is 0 Å². The van der Waals surface area contributed by atoms with Crippen LogP contribution < -0.4 is 5.73 Å². The van der Waals surface area contributed by atoms with Gasteiger partial charge in [0.25, 0.3) is 0 Å². The van der Waals surface area contributed by atoms with Crippen molar-refractivity contribution in [2.45, 2.75) is 0 Å². The standard InChI is InChI=1S/C8H17N3OS.HI/c1-13-7-2-10-8(9)11-3-5-12-6-4-11;/h2-7H2,1H3,(H2,9,10);1H. The fourth-order valence-electron chi connectivity index (χ4n) is 1.14. The monoisotopic (exact) mass is 331 g/mol. The molecule has 0 spiro atoms. The highest BCUT2D eigenvalue weighted by Crippen LogP contribution is 1.97. The summed E-state index contributed by atoms with van der Waals surface area (Å²) >= 11 is 1.78. The maximum absolute atomic E-state index is 5.80. The van der Waals surface area contributed by atoms with Gasteiger partial charge in [-0.2, -0.15) is 11.8 Å². The van der Waals surface area contributed by atoms with E-state index in [1.54, 1.807) is 11.8 Å². The Morgan fingerprint density at radius 3 is 2.71 bits per heavy atom. The van der Waals surface area contributed by atoms with Crippen LogP contribution in [0.25, 0.3) is 0 Å². The molecule has 0 saturated carbocycles. The first-order valence-electron chi connectivity index (χ1n) is 4.46. The van der Waals surface area contributed by atoms with Crippen molar-refractivity contribution in [2.75, 3.05) is 44.9 Å². The Labute approximate surface area is 107 Å². The van der Waals surface area contributed by atoms with Crippen LogP contribution in [-0.4, -0.2) is 55.7 Å². The topological polar surface area (TPSA) is 50.8 Å². The maximum Gasteiger partial charge on any atom is 0.191 e. The smallest absolute Gasteiger partial charge is 0.191 e. The number of morpholine rings is 1. The van der Waals surface area contributed by atoms with E-state index in [-0.39, 0.29) is 24.0 Å². The first-order chi connectivity index (χ1) is 6.34. The molecule has 0 bridgehead atoms. The second-order valence-electron chi connectivity index (χ2n) is 2.83. The van der Waals surface area contributed by atoms with Crippen molar-refractivity contribution in [1.29, 1.82) is 0 Å². The highest BCUT2D eigenvalue weighted by molar-refractivity contribution is 14.0. The molecule has 1 heterocycles. The molecule has 6 heteroatoms. The normalized spacial score (nSPS) is 17.8. The lowest BCUT2D eigenvalue weighted by Gasteiger charge is -2.27. The molecule has 14 heavy (non-hydrogen) atoms. The number of hydrogen-bond donors (Lipinski definition) is 1. The summed E-state index contributed by atoms with van der Waals surface area (Å²) in [5, 5.41) is 0. The number of nitrogens with zero attached hydrogens (tertiary/aromatic N) is 2. The summed E-state index contributed by atoms with van der Waals surface area (Å²) < 4.78 is 5.22. The molecule has 0 radical (unpaired) electrons. The van der Waals surface area contributed by atoms with Crippen molar-refractivity contribution in [3.8, 4) is 0 Å². The van der Waals surface area contributed by atoms with Gasteiger partial charge in [-0.3, -0.25) is 4.99 Å². The predicted octanol–water partition coefficient (Wildman–Crippen LogP) is 0.614. The van der Waals surface area contributed by atoms with Gasteiger partial charge >= 0.3 is 0 Å². The van der Waals surface area contributed by atoms with Crippen LogP contribution in [-0.2, 0) is 4.74 Å². The van der Waals surface area contributed by atoms with E-state index in [9.17, 15) is 0 Å². The van der Waals surface area contributed by atoms with Gasteiger partial charge in [-0.05, 0) is 6.26 Å². The van der Waals surface area contributed by atoms with Crippen LogP contribution in [0.2, 0.25) is 0 Å². The third-order valence-corrected chi connectivity index (χ3v) is 2.50. The summed E-state index contributed by atoms with van der Waals surface area (Å²) in [5.41, 5.74) is 5.80. The summed E-state index contributed by atoms with van der Waals surface area (Å²) in [5.74, 6) is 1.70. The zero-order chi connectivity index (χ0) is 9.52. The lowest BCUT2D eigenvalue weighted by molar-refractivity contribution is 0.0674. The minimum atomic E-state index is 0. The molecule has 1 saturated heterocycles. The number of hydrogen-bond acceptors (Lipinski definition) is 3. The van der Waals surface area contributed by atoms with E-state index >= 15 is 0 Å². The largest absolute Gasteiger partial charge is 0.378 e. The van der Waals surface area contributed by atoms with Crippen LogP contribution >= 0.6 is 35.7 Å². The summed E-state index contributed by atoms with van der Waals surface area (Å²) in [6, 6.07) is 0. The number of ether oxygens (including phenoxy) is 1. The molecule has 1 aliphatic heterocycles. The third kappa shape index (κ3) is 5.26. The fraction of sp³-hybridized carbons (Fsp3) is 0.875. The Morgan fingerprint density at radius 1 is 1.50 bits per heavy atom. The fourth-order valence-corrected chi connectivity index (χ4v) is 1.42. The summed E-state index contributed by atoms with van der Waals surface area (Å²) in [6.45, 7) is 4.07. The second kappa shape index (κ2) is 8.60. The van der Waals surface area contributed by atoms with Crippen molar-refractivity contribution in [3.05, 3.63) is 0 Å². The maximum atomic E-state index is 5.80. The summed E-state index contributed by atoms with van der Waals surface area (Å²) in [4.78, 5) is 6.35. The predicted molar refractivity (Wildman–Crippen MR) is 72.7 cm³/mol. The van der Waals surface area contributed by atoms with Gasteiger partial charge in [0.15, 0.2) is 5.96 Å². The number of thioether (sulfide) groups is 1. The van der Waals surface area contributed by atoms with Gasteiger partial charge in [-0.1, -0.05) is 0 Å². The summed E-state index contributed by atoms with van der Waals surface area (Å²) in [7, 11) is 0. The van der Waals surface area contributed by atoms with Crippen LogP contribution in [0, 0.1) is 0 Å². The molecular weight excluding hydrogens is 313 g/mol. The minimum Gasteiger partial charge on any atom is -0.378 e. The van der Waals surface area contributed by atoms with E-state index in [1.807, 2.05) is 0 Å². The molecule has 0 unspecified atom stereocenters. The van der Waals surface area contributed by atoms with Gasteiger partial charge in [0.05, 0.1) is 19.8 Å². The van der Waals surface area contributed by atoms with E-state index in [1.165, 1.54) is 0 Å². The Hall–Kier alpha value is 0.310. The zero-order valence-electron chi connectivity index (χ0n) is 8.44. The van der Waals surface area contributed by atoms with Crippen molar-refractivity contribution in [1.82, 2.24) is 4.90 Å². The van der Waals surface area contributed by atoms with E-state index < -0.39 is 0 Å². The van der Waals surface area contributed by atoms with E-state index in [0.717, 1.165) is 38.6 Å². The van der Waals surface area contributed by atoms with Crippen LogP contribution in [0.5, 0.6) is 0 Å². The minimum absolute atomic E-state index is 0. The van der Waals surface area contributed by atoms with Crippen molar-refractivity contribution in [2.24, 2.45) is 10.7 Å². The molecular formula is C8H18IN3OS. The van der Waals surface area contributed by atoms with Gasteiger partial charge in [-0.15, -0.1) is 24.0 Å². The van der Waals surface area contributed by atoms with E-state index in [2.05, 4.69) is 16.1 Å². The van der Waals surface area contributed by atoms with Crippen molar-refractivity contribution >= 4 is 41.7 Å². The number of guanidine groups is 1. The van der Waals surface area contributed by atoms with Crippen molar-refractivity contribution in [3.63, 3.8) is 0 Å².